The lowest BCUT2D eigenvalue weighted by molar-refractivity contribution is 0.218. The average Bonchev–Trinajstić information content (AvgIpc) is 3.18. The molecule has 1 fully saturated rings. The smallest absolute Gasteiger partial charge is 0.312 e. The topological polar surface area (TPSA) is 68.3 Å². The standard InChI is InChI=1S/C23H30N6O2/c1-17-15-28(18-9-5-3-6-10-18)22-24-20-19(29(22)16-17)21(30)27(23(31)25(20)2)14-13-26-11-7-4-8-12-26/h3,5-6,9-10,17H,4,7-8,11-16H2,1-2H3/t17-/m1/s1. The van der Waals surface area contributed by atoms with E-state index in [1.165, 1.54) is 28.4 Å². The first-order valence-electron chi connectivity index (χ1n) is 11.3. The van der Waals surface area contributed by atoms with E-state index in [1.54, 1.807) is 7.05 Å². The fourth-order valence-electron chi connectivity index (χ4n) is 4.95. The number of imidazole rings is 1. The van der Waals surface area contributed by atoms with Crippen molar-refractivity contribution in [3.8, 4) is 0 Å². The van der Waals surface area contributed by atoms with E-state index in [0.717, 1.165) is 37.8 Å². The van der Waals surface area contributed by atoms with Crippen molar-refractivity contribution >= 4 is 22.8 Å². The number of piperidine rings is 1. The molecule has 0 amide bonds. The maximum Gasteiger partial charge on any atom is 0.332 e. The number of aryl methyl sites for hydroxylation is 1. The summed E-state index contributed by atoms with van der Waals surface area (Å²) in [6.07, 6.45) is 3.65. The minimum absolute atomic E-state index is 0.226. The zero-order valence-electron chi connectivity index (χ0n) is 18.3. The summed E-state index contributed by atoms with van der Waals surface area (Å²) in [6.45, 7) is 6.96. The molecular formula is C23H30N6O2. The molecule has 0 spiro atoms. The van der Waals surface area contributed by atoms with Gasteiger partial charge in [0.05, 0.1) is 0 Å². The second kappa shape index (κ2) is 8.00. The monoisotopic (exact) mass is 422 g/mol. The average molecular weight is 423 g/mol. The van der Waals surface area contributed by atoms with Crippen molar-refractivity contribution in [3.63, 3.8) is 0 Å². The van der Waals surface area contributed by atoms with Gasteiger partial charge in [0.1, 0.15) is 0 Å². The van der Waals surface area contributed by atoms with Crippen LogP contribution in [0.2, 0.25) is 0 Å². The minimum Gasteiger partial charge on any atom is -0.312 e. The summed E-state index contributed by atoms with van der Waals surface area (Å²) < 4.78 is 4.94. The predicted molar refractivity (Wildman–Crippen MR) is 122 cm³/mol. The normalized spacial score (nSPS) is 19.7. The second-order valence-electron chi connectivity index (χ2n) is 8.95. The van der Waals surface area contributed by atoms with Crippen LogP contribution in [0, 0.1) is 5.92 Å². The summed E-state index contributed by atoms with van der Waals surface area (Å²) in [4.78, 5) is 35.8. The largest absolute Gasteiger partial charge is 0.332 e. The van der Waals surface area contributed by atoms with Gasteiger partial charge in [0.25, 0.3) is 5.56 Å². The highest BCUT2D eigenvalue weighted by Gasteiger charge is 2.29. The van der Waals surface area contributed by atoms with E-state index in [9.17, 15) is 9.59 Å². The third-order valence-electron chi connectivity index (χ3n) is 6.60. The molecule has 0 bridgehead atoms. The van der Waals surface area contributed by atoms with Crippen molar-refractivity contribution in [2.45, 2.75) is 39.3 Å². The van der Waals surface area contributed by atoms with Crippen molar-refractivity contribution in [3.05, 3.63) is 51.2 Å². The molecule has 1 aromatic carbocycles. The molecule has 0 radical (unpaired) electrons. The molecule has 8 heteroatoms. The molecule has 5 rings (SSSR count). The number of hydrogen-bond donors (Lipinski definition) is 0. The van der Waals surface area contributed by atoms with Crippen LogP contribution in [0.3, 0.4) is 0 Å². The molecule has 1 atom stereocenters. The van der Waals surface area contributed by atoms with Crippen LogP contribution in [0.5, 0.6) is 0 Å². The molecule has 8 nitrogen and oxygen atoms in total. The van der Waals surface area contributed by atoms with Gasteiger partial charge in [-0.25, -0.2) is 4.79 Å². The Hall–Kier alpha value is -2.87. The zero-order valence-corrected chi connectivity index (χ0v) is 18.3. The van der Waals surface area contributed by atoms with Crippen LogP contribution in [-0.4, -0.2) is 49.8 Å². The molecule has 1 saturated heterocycles. The number of likely N-dealkylation sites (tertiary alicyclic amines) is 1. The number of hydrogen-bond acceptors (Lipinski definition) is 5. The van der Waals surface area contributed by atoms with E-state index in [-0.39, 0.29) is 11.2 Å². The lowest BCUT2D eigenvalue weighted by atomic mass is 10.1. The van der Waals surface area contributed by atoms with Crippen molar-refractivity contribution in [2.24, 2.45) is 13.0 Å². The Labute approximate surface area is 181 Å². The van der Waals surface area contributed by atoms with Gasteiger partial charge in [0.15, 0.2) is 11.2 Å². The maximum atomic E-state index is 13.5. The van der Waals surface area contributed by atoms with Gasteiger partial charge in [0, 0.05) is 38.9 Å². The maximum absolute atomic E-state index is 13.5. The zero-order chi connectivity index (χ0) is 21.5. The summed E-state index contributed by atoms with van der Waals surface area (Å²) in [5, 5.41) is 0. The third kappa shape index (κ3) is 3.48. The Morgan fingerprint density at radius 1 is 1.00 bits per heavy atom. The molecule has 0 unspecified atom stereocenters. The highest BCUT2D eigenvalue weighted by atomic mass is 16.2. The Bertz CT molecular complexity index is 1200. The fraction of sp³-hybridized carbons (Fsp3) is 0.522. The SMILES string of the molecule is C[C@@H]1CN(c2ccccc2)c2nc3c(c(=O)n(CCN4CCCCC4)c(=O)n3C)n2C1. The number of nitrogens with zero attached hydrogens (tertiary/aromatic N) is 6. The first-order chi connectivity index (χ1) is 15.0. The number of para-hydroxylation sites is 1. The van der Waals surface area contributed by atoms with Gasteiger partial charge in [-0.15, -0.1) is 0 Å². The summed E-state index contributed by atoms with van der Waals surface area (Å²) in [5.41, 5.74) is 1.53. The fourth-order valence-corrected chi connectivity index (χ4v) is 4.95. The summed E-state index contributed by atoms with van der Waals surface area (Å²) in [5.74, 6) is 1.09. The van der Waals surface area contributed by atoms with Crippen molar-refractivity contribution < 1.29 is 0 Å². The van der Waals surface area contributed by atoms with E-state index in [0.29, 0.717) is 30.2 Å². The highest BCUT2D eigenvalue weighted by Crippen LogP contribution is 2.32. The van der Waals surface area contributed by atoms with Gasteiger partial charge >= 0.3 is 5.69 Å². The van der Waals surface area contributed by atoms with Gasteiger partial charge in [-0.2, -0.15) is 4.98 Å². The summed E-state index contributed by atoms with van der Waals surface area (Å²) in [6, 6.07) is 10.1. The quantitative estimate of drug-likeness (QED) is 0.645. The van der Waals surface area contributed by atoms with Gasteiger partial charge < -0.3 is 14.4 Å². The van der Waals surface area contributed by atoms with Crippen LogP contribution >= 0.6 is 0 Å². The number of anilines is 2. The molecule has 31 heavy (non-hydrogen) atoms. The van der Waals surface area contributed by atoms with Gasteiger partial charge in [-0.05, 0) is 44.0 Å². The van der Waals surface area contributed by atoms with E-state index < -0.39 is 0 Å². The molecular weight excluding hydrogens is 392 g/mol. The first kappa shape index (κ1) is 20.1. The predicted octanol–water partition coefficient (Wildman–Crippen LogP) is 2.17. The molecule has 3 aromatic rings. The van der Waals surface area contributed by atoms with E-state index in [2.05, 4.69) is 28.9 Å². The molecule has 2 aliphatic rings. The van der Waals surface area contributed by atoms with Crippen LogP contribution in [0.25, 0.3) is 11.2 Å². The summed E-state index contributed by atoms with van der Waals surface area (Å²) in [7, 11) is 1.72. The van der Waals surface area contributed by atoms with Crippen molar-refractivity contribution in [2.75, 3.05) is 31.1 Å². The van der Waals surface area contributed by atoms with Crippen molar-refractivity contribution in [1.29, 1.82) is 0 Å². The van der Waals surface area contributed by atoms with Gasteiger partial charge in [-0.1, -0.05) is 31.5 Å². The number of benzene rings is 1. The highest BCUT2D eigenvalue weighted by molar-refractivity contribution is 5.77. The van der Waals surface area contributed by atoms with E-state index >= 15 is 0 Å². The lowest BCUT2D eigenvalue weighted by Crippen LogP contribution is -2.43. The van der Waals surface area contributed by atoms with E-state index in [4.69, 9.17) is 4.98 Å². The Morgan fingerprint density at radius 3 is 2.48 bits per heavy atom. The van der Waals surface area contributed by atoms with Crippen LogP contribution in [0.1, 0.15) is 26.2 Å². The Kier molecular flexibility index (Phi) is 5.17. The van der Waals surface area contributed by atoms with Crippen molar-refractivity contribution in [1.82, 2.24) is 23.6 Å². The minimum atomic E-state index is -0.288. The molecule has 0 saturated carbocycles. The molecule has 0 N–H and O–H groups in total. The third-order valence-corrected chi connectivity index (χ3v) is 6.60. The second-order valence-corrected chi connectivity index (χ2v) is 8.95. The Morgan fingerprint density at radius 2 is 1.74 bits per heavy atom. The lowest BCUT2D eigenvalue weighted by Gasteiger charge is -2.32. The summed E-state index contributed by atoms with van der Waals surface area (Å²) >= 11 is 0. The van der Waals surface area contributed by atoms with Crippen LogP contribution in [0.15, 0.2) is 39.9 Å². The molecule has 2 aliphatic heterocycles. The van der Waals surface area contributed by atoms with Gasteiger partial charge in [0.2, 0.25) is 5.95 Å². The number of rotatable bonds is 4. The van der Waals surface area contributed by atoms with Crippen LogP contribution in [0.4, 0.5) is 11.6 Å². The van der Waals surface area contributed by atoms with Crippen LogP contribution < -0.4 is 16.1 Å². The number of aromatic nitrogens is 4. The Balaban J connectivity index is 1.61. The van der Waals surface area contributed by atoms with Gasteiger partial charge in [-0.3, -0.25) is 13.9 Å². The van der Waals surface area contributed by atoms with Crippen LogP contribution in [-0.2, 0) is 20.1 Å². The molecule has 4 heterocycles. The molecule has 164 valence electrons. The first-order valence-corrected chi connectivity index (χ1v) is 11.3. The molecule has 2 aromatic heterocycles. The molecule has 0 aliphatic carbocycles. The van der Waals surface area contributed by atoms with E-state index in [1.807, 2.05) is 22.8 Å². The number of fused-ring (bicyclic) bond motifs is 3.